The quantitative estimate of drug-likeness (QED) is 0.609. The first-order chi connectivity index (χ1) is 9.33. The van der Waals surface area contributed by atoms with Gasteiger partial charge in [-0.1, -0.05) is 30.3 Å². The zero-order valence-corrected chi connectivity index (χ0v) is 11.7. The summed E-state index contributed by atoms with van der Waals surface area (Å²) in [5, 5.41) is 6.67. The SMILES string of the molecule is CCNC(=NCC(OC)c1ccccc1)NC1CC1. The molecule has 4 nitrogen and oxygen atoms in total. The van der Waals surface area contributed by atoms with E-state index in [1.807, 2.05) is 18.2 Å². The van der Waals surface area contributed by atoms with Crippen LogP contribution in [0.4, 0.5) is 0 Å². The molecule has 0 radical (unpaired) electrons. The lowest BCUT2D eigenvalue weighted by Gasteiger charge is -2.15. The van der Waals surface area contributed by atoms with Crippen molar-refractivity contribution >= 4 is 5.96 Å². The predicted molar refractivity (Wildman–Crippen MR) is 78.3 cm³/mol. The molecular weight excluding hydrogens is 238 g/mol. The number of guanidine groups is 1. The molecule has 0 amide bonds. The van der Waals surface area contributed by atoms with Gasteiger partial charge in [-0.15, -0.1) is 0 Å². The minimum Gasteiger partial charge on any atom is -0.375 e. The number of rotatable bonds is 6. The van der Waals surface area contributed by atoms with E-state index in [0.717, 1.165) is 18.1 Å². The molecule has 4 heteroatoms. The third-order valence-electron chi connectivity index (χ3n) is 3.13. The lowest BCUT2D eigenvalue weighted by molar-refractivity contribution is 0.111. The zero-order chi connectivity index (χ0) is 13.5. The summed E-state index contributed by atoms with van der Waals surface area (Å²) in [5.41, 5.74) is 1.16. The van der Waals surface area contributed by atoms with Crippen molar-refractivity contribution in [2.75, 3.05) is 20.2 Å². The smallest absolute Gasteiger partial charge is 0.191 e. The van der Waals surface area contributed by atoms with Crippen LogP contribution in [0, 0.1) is 0 Å². The topological polar surface area (TPSA) is 45.7 Å². The minimum absolute atomic E-state index is 0.0101. The van der Waals surface area contributed by atoms with Crippen LogP contribution in [-0.2, 0) is 4.74 Å². The first-order valence-corrected chi connectivity index (χ1v) is 6.96. The molecule has 0 aliphatic heterocycles. The molecule has 1 aromatic carbocycles. The molecule has 2 N–H and O–H groups in total. The normalized spacial score (nSPS) is 17.1. The average Bonchev–Trinajstić information content (AvgIpc) is 3.25. The van der Waals surface area contributed by atoms with Gasteiger partial charge in [0.15, 0.2) is 5.96 Å². The Hall–Kier alpha value is -1.55. The van der Waals surface area contributed by atoms with E-state index in [4.69, 9.17) is 4.74 Å². The van der Waals surface area contributed by atoms with Gasteiger partial charge in [0.1, 0.15) is 6.10 Å². The van der Waals surface area contributed by atoms with E-state index >= 15 is 0 Å². The molecule has 1 atom stereocenters. The van der Waals surface area contributed by atoms with Crippen LogP contribution >= 0.6 is 0 Å². The number of nitrogens with one attached hydrogen (secondary N) is 2. The Morgan fingerprint density at radius 3 is 2.68 bits per heavy atom. The molecule has 19 heavy (non-hydrogen) atoms. The van der Waals surface area contributed by atoms with Gasteiger partial charge < -0.3 is 15.4 Å². The average molecular weight is 261 g/mol. The van der Waals surface area contributed by atoms with Crippen molar-refractivity contribution in [2.24, 2.45) is 4.99 Å². The highest BCUT2D eigenvalue weighted by atomic mass is 16.5. The minimum atomic E-state index is 0.0101. The first-order valence-electron chi connectivity index (χ1n) is 6.96. The monoisotopic (exact) mass is 261 g/mol. The molecule has 0 aromatic heterocycles. The van der Waals surface area contributed by atoms with E-state index in [1.165, 1.54) is 12.8 Å². The highest BCUT2D eigenvalue weighted by molar-refractivity contribution is 5.80. The molecule has 1 aliphatic carbocycles. The number of hydrogen-bond donors (Lipinski definition) is 2. The van der Waals surface area contributed by atoms with Crippen LogP contribution in [0.5, 0.6) is 0 Å². The lowest BCUT2D eigenvalue weighted by Crippen LogP contribution is -2.38. The Bertz CT molecular complexity index is 401. The molecule has 1 aliphatic rings. The number of ether oxygens (including phenoxy) is 1. The number of hydrogen-bond acceptors (Lipinski definition) is 2. The highest BCUT2D eigenvalue weighted by Gasteiger charge is 2.22. The third kappa shape index (κ3) is 4.56. The van der Waals surface area contributed by atoms with Crippen molar-refractivity contribution in [3.8, 4) is 0 Å². The largest absolute Gasteiger partial charge is 0.375 e. The number of methoxy groups -OCH3 is 1. The molecule has 0 heterocycles. The van der Waals surface area contributed by atoms with Gasteiger partial charge in [-0.25, -0.2) is 0 Å². The fourth-order valence-electron chi connectivity index (χ4n) is 1.90. The first kappa shape index (κ1) is 13.9. The summed E-state index contributed by atoms with van der Waals surface area (Å²) in [6, 6.07) is 10.8. The fourth-order valence-corrected chi connectivity index (χ4v) is 1.90. The highest BCUT2D eigenvalue weighted by Crippen LogP contribution is 2.19. The van der Waals surface area contributed by atoms with E-state index in [1.54, 1.807) is 7.11 Å². The van der Waals surface area contributed by atoms with Crippen molar-refractivity contribution in [3.05, 3.63) is 35.9 Å². The van der Waals surface area contributed by atoms with Crippen molar-refractivity contribution in [2.45, 2.75) is 31.9 Å². The van der Waals surface area contributed by atoms with Gasteiger partial charge in [0.2, 0.25) is 0 Å². The Kier molecular flexibility index (Phi) is 5.21. The second-order valence-corrected chi connectivity index (χ2v) is 4.77. The van der Waals surface area contributed by atoms with E-state index in [-0.39, 0.29) is 6.10 Å². The van der Waals surface area contributed by atoms with Gasteiger partial charge in [0.25, 0.3) is 0 Å². The maximum absolute atomic E-state index is 5.52. The molecule has 1 saturated carbocycles. The van der Waals surface area contributed by atoms with E-state index in [0.29, 0.717) is 12.6 Å². The molecule has 104 valence electrons. The summed E-state index contributed by atoms with van der Waals surface area (Å²) in [5.74, 6) is 0.892. The molecular formula is C15H23N3O. The van der Waals surface area contributed by atoms with Crippen LogP contribution < -0.4 is 10.6 Å². The molecule has 1 unspecified atom stereocenters. The maximum Gasteiger partial charge on any atom is 0.191 e. The Labute approximate surface area is 115 Å². The predicted octanol–water partition coefficient (Wildman–Crippen LogP) is 2.09. The van der Waals surface area contributed by atoms with Gasteiger partial charge in [0.05, 0.1) is 6.54 Å². The summed E-state index contributed by atoms with van der Waals surface area (Å²) in [4.78, 5) is 4.61. The molecule has 0 saturated heterocycles. The van der Waals surface area contributed by atoms with Gasteiger partial charge >= 0.3 is 0 Å². The summed E-state index contributed by atoms with van der Waals surface area (Å²) < 4.78 is 5.52. The fraction of sp³-hybridized carbons (Fsp3) is 0.533. The summed E-state index contributed by atoms with van der Waals surface area (Å²) in [6.45, 7) is 3.58. The number of aliphatic imine (C=N–C) groups is 1. The third-order valence-corrected chi connectivity index (χ3v) is 3.13. The van der Waals surface area contributed by atoms with Crippen LogP contribution in [0.1, 0.15) is 31.4 Å². The summed E-state index contributed by atoms with van der Waals surface area (Å²) >= 11 is 0. The van der Waals surface area contributed by atoms with E-state index in [2.05, 4.69) is 34.7 Å². The molecule has 1 fully saturated rings. The zero-order valence-electron chi connectivity index (χ0n) is 11.7. The lowest BCUT2D eigenvalue weighted by atomic mass is 10.1. The molecule has 1 aromatic rings. The summed E-state index contributed by atoms with van der Waals surface area (Å²) in [6.07, 6.45) is 2.50. The van der Waals surface area contributed by atoms with Crippen LogP contribution in [-0.4, -0.2) is 32.2 Å². The second-order valence-electron chi connectivity index (χ2n) is 4.77. The van der Waals surface area contributed by atoms with Crippen molar-refractivity contribution in [3.63, 3.8) is 0 Å². The number of benzene rings is 1. The van der Waals surface area contributed by atoms with Gasteiger partial charge in [-0.2, -0.15) is 0 Å². The maximum atomic E-state index is 5.52. The van der Waals surface area contributed by atoms with Crippen molar-refractivity contribution in [1.82, 2.24) is 10.6 Å². The van der Waals surface area contributed by atoms with Gasteiger partial charge in [-0.05, 0) is 25.3 Å². The van der Waals surface area contributed by atoms with Gasteiger partial charge in [0, 0.05) is 19.7 Å². The van der Waals surface area contributed by atoms with Crippen LogP contribution in [0.15, 0.2) is 35.3 Å². The second kappa shape index (κ2) is 7.14. The van der Waals surface area contributed by atoms with Crippen molar-refractivity contribution < 1.29 is 4.74 Å². The Morgan fingerprint density at radius 2 is 2.11 bits per heavy atom. The molecule has 0 spiro atoms. The van der Waals surface area contributed by atoms with Crippen LogP contribution in [0.2, 0.25) is 0 Å². The van der Waals surface area contributed by atoms with Gasteiger partial charge in [-0.3, -0.25) is 4.99 Å². The van der Waals surface area contributed by atoms with E-state index in [9.17, 15) is 0 Å². The van der Waals surface area contributed by atoms with Crippen LogP contribution in [0.3, 0.4) is 0 Å². The van der Waals surface area contributed by atoms with E-state index < -0.39 is 0 Å². The Morgan fingerprint density at radius 1 is 1.37 bits per heavy atom. The van der Waals surface area contributed by atoms with Crippen molar-refractivity contribution in [1.29, 1.82) is 0 Å². The Balaban J connectivity index is 1.95. The molecule has 2 rings (SSSR count). The number of nitrogens with zero attached hydrogens (tertiary/aromatic N) is 1. The standard InChI is InChI=1S/C15H23N3O/c1-3-16-15(18-13-9-10-13)17-11-14(19-2)12-7-5-4-6-8-12/h4-8,13-14H,3,9-11H2,1-2H3,(H2,16,17,18). The summed E-state index contributed by atoms with van der Waals surface area (Å²) in [7, 11) is 1.73. The van der Waals surface area contributed by atoms with Crippen LogP contribution in [0.25, 0.3) is 0 Å². The molecule has 0 bridgehead atoms.